The Morgan fingerprint density at radius 1 is 0.131 bits per heavy atom. The number of rotatable bonds is 10. The highest BCUT2D eigenvalue weighted by Gasteiger charge is 2.61. The minimum Gasteiger partial charge on any atom is -0.256 e. The molecule has 6 aliphatic carbocycles. The summed E-state index contributed by atoms with van der Waals surface area (Å²) in [6.45, 7) is 0. The number of pyridine rings is 1. The van der Waals surface area contributed by atoms with Crippen molar-refractivity contribution in [1.82, 2.24) is 24.9 Å². The van der Waals surface area contributed by atoms with Gasteiger partial charge in [0.05, 0.1) is 50.1 Å². The lowest BCUT2D eigenvalue weighted by molar-refractivity contribution is 0.633. The van der Waals surface area contributed by atoms with E-state index in [0.717, 1.165) is 95.2 Å². The summed E-state index contributed by atoms with van der Waals surface area (Å²) in [6, 6.07) is 171. The van der Waals surface area contributed by atoms with Crippen molar-refractivity contribution < 1.29 is 0 Å². The van der Waals surface area contributed by atoms with Crippen LogP contribution in [0.5, 0.6) is 0 Å². The molecule has 0 bridgehead atoms. The number of aromatic nitrogens is 5. The van der Waals surface area contributed by atoms with Gasteiger partial charge < -0.3 is 0 Å². The molecule has 0 saturated heterocycles. The summed E-state index contributed by atoms with van der Waals surface area (Å²) in [5.41, 5.74) is 46.5. The van der Waals surface area contributed by atoms with Gasteiger partial charge in [-0.2, -0.15) is 0 Å². The fraction of sp³-hybridized carbons (Fsp3) is 0.0320. The quantitative estimate of drug-likeness (QED) is 0.137. The van der Waals surface area contributed by atoms with E-state index in [9.17, 15) is 0 Å². The summed E-state index contributed by atoms with van der Waals surface area (Å²) < 4.78 is 0. The molecule has 0 amide bonds. The molecule has 5 heteroatoms. The molecule has 6 aliphatic rings. The molecule has 0 aliphatic heterocycles. The first-order chi connectivity index (χ1) is 64.4. The zero-order chi connectivity index (χ0) is 85.4. The van der Waals surface area contributed by atoms with Crippen molar-refractivity contribution in [2.45, 2.75) is 21.7 Å². The maximum atomic E-state index is 5.57. The molecular formula is C125H77N5. The average Bonchev–Trinajstić information content (AvgIpc) is 1.46. The first-order valence-corrected chi connectivity index (χ1v) is 45.0. The maximum Gasteiger partial charge on any atom is 0.160 e. The van der Waals surface area contributed by atoms with Crippen molar-refractivity contribution in [3.63, 3.8) is 0 Å². The molecule has 130 heavy (non-hydrogen) atoms. The Kier molecular flexibility index (Phi) is 16.1. The normalized spacial score (nSPS) is 14.1. The fourth-order valence-corrected chi connectivity index (χ4v) is 24.1. The number of hydrogen-bond donors (Lipinski definition) is 0. The summed E-state index contributed by atoms with van der Waals surface area (Å²) >= 11 is 0. The maximum absolute atomic E-state index is 5.57. The average molecular weight is 1650 g/mol. The van der Waals surface area contributed by atoms with Crippen molar-refractivity contribution in [2.24, 2.45) is 0 Å². The van der Waals surface area contributed by atoms with E-state index in [1.165, 1.54) is 139 Å². The van der Waals surface area contributed by atoms with Gasteiger partial charge in [-0.15, -0.1) is 0 Å². The van der Waals surface area contributed by atoms with Crippen LogP contribution in [0.2, 0.25) is 0 Å². The van der Waals surface area contributed by atoms with Crippen molar-refractivity contribution in [3.8, 4) is 157 Å². The van der Waals surface area contributed by atoms with Gasteiger partial charge in [0.15, 0.2) is 11.6 Å². The monoisotopic (exact) mass is 1650 g/mol. The van der Waals surface area contributed by atoms with E-state index in [-0.39, 0.29) is 0 Å². The molecule has 0 atom stereocenters. The smallest absolute Gasteiger partial charge is 0.160 e. The molecule has 0 unspecified atom stereocenters. The van der Waals surface area contributed by atoms with Crippen molar-refractivity contribution >= 4 is 0 Å². The highest BCUT2D eigenvalue weighted by molar-refractivity contribution is 6.02. The third kappa shape index (κ3) is 10.3. The zero-order valence-electron chi connectivity index (χ0n) is 70.7. The molecule has 18 aromatic carbocycles. The predicted molar refractivity (Wildman–Crippen MR) is 526 cm³/mol. The van der Waals surface area contributed by atoms with Crippen LogP contribution in [-0.4, -0.2) is 24.9 Å². The number of fused-ring (bicyclic) bond motifs is 32. The van der Waals surface area contributed by atoms with E-state index in [4.69, 9.17) is 24.9 Å². The van der Waals surface area contributed by atoms with Crippen LogP contribution < -0.4 is 0 Å². The zero-order valence-corrected chi connectivity index (χ0v) is 70.7. The van der Waals surface area contributed by atoms with E-state index >= 15 is 0 Å². The lowest BCUT2D eigenvalue weighted by atomic mass is 9.52. The van der Waals surface area contributed by atoms with E-state index in [2.05, 4.69) is 437 Å². The summed E-state index contributed by atoms with van der Waals surface area (Å²) in [5, 5.41) is 0. The van der Waals surface area contributed by atoms with E-state index in [1.807, 2.05) is 30.5 Å². The molecule has 3 heterocycles. The molecule has 0 N–H and O–H groups in total. The summed E-state index contributed by atoms with van der Waals surface area (Å²) in [7, 11) is 0. The van der Waals surface area contributed by atoms with Gasteiger partial charge in [0, 0.05) is 45.1 Å². The van der Waals surface area contributed by atoms with Gasteiger partial charge in [0.25, 0.3) is 0 Å². The van der Waals surface area contributed by atoms with Gasteiger partial charge in [0.2, 0.25) is 0 Å². The Morgan fingerprint density at radius 2 is 0.392 bits per heavy atom. The summed E-state index contributed by atoms with van der Waals surface area (Å²) in [6.07, 6.45) is 1.85. The molecule has 0 radical (unpaired) electrons. The van der Waals surface area contributed by atoms with E-state index < -0.39 is 21.7 Å². The van der Waals surface area contributed by atoms with Gasteiger partial charge in [0.1, 0.15) is 0 Å². The molecular weight excluding hydrogens is 1570 g/mol. The molecule has 27 rings (SSSR count). The Hall–Kier alpha value is -16.7. The van der Waals surface area contributed by atoms with Crippen LogP contribution in [0.1, 0.15) is 89.0 Å². The van der Waals surface area contributed by atoms with Gasteiger partial charge in [-0.1, -0.05) is 425 Å². The largest absolute Gasteiger partial charge is 0.256 e. The number of nitrogens with zero attached hydrogens (tertiary/aromatic N) is 5. The van der Waals surface area contributed by atoms with Gasteiger partial charge in [-0.25, -0.2) is 19.9 Å². The van der Waals surface area contributed by atoms with Gasteiger partial charge >= 0.3 is 0 Å². The van der Waals surface area contributed by atoms with Crippen LogP contribution >= 0.6 is 0 Å². The molecule has 3 aromatic heterocycles. The second-order valence-corrected chi connectivity index (χ2v) is 35.3. The van der Waals surface area contributed by atoms with Gasteiger partial charge in [-0.05, 0) is 203 Å². The highest BCUT2D eigenvalue weighted by atomic mass is 14.9. The number of hydrogen-bond acceptors (Lipinski definition) is 5. The van der Waals surface area contributed by atoms with Crippen LogP contribution in [0.15, 0.2) is 467 Å². The molecule has 4 spiro atoms. The summed E-state index contributed by atoms with van der Waals surface area (Å²) in [5.74, 6) is 1.32. The Bertz CT molecular complexity index is 8080. The lowest BCUT2D eigenvalue weighted by Gasteiger charge is -2.48. The Balaban J connectivity index is 0.553. The van der Waals surface area contributed by atoms with Crippen LogP contribution in [0.25, 0.3) is 157 Å². The minimum absolute atomic E-state index is 0.505. The van der Waals surface area contributed by atoms with Crippen molar-refractivity contribution in [2.75, 3.05) is 0 Å². The van der Waals surface area contributed by atoms with Crippen LogP contribution in [0.4, 0.5) is 0 Å². The Labute approximate surface area is 754 Å². The second kappa shape index (κ2) is 28.4. The molecule has 602 valence electrons. The molecule has 5 nitrogen and oxygen atoms in total. The molecule has 0 saturated carbocycles. The van der Waals surface area contributed by atoms with Crippen LogP contribution in [0, 0.1) is 0 Å². The predicted octanol–water partition coefficient (Wildman–Crippen LogP) is 29.4. The minimum atomic E-state index is -0.697. The topological polar surface area (TPSA) is 64.5 Å². The van der Waals surface area contributed by atoms with Gasteiger partial charge in [-0.3, -0.25) is 4.98 Å². The highest BCUT2D eigenvalue weighted by Crippen LogP contribution is 2.71. The van der Waals surface area contributed by atoms with E-state index in [0.29, 0.717) is 11.6 Å². The third-order valence-corrected chi connectivity index (χ3v) is 29.2. The first kappa shape index (κ1) is 73.6. The molecule has 21 aromatic rings. The SMILES string of the molecule is c1ccc(-c2cc(-c3ccccc3)nc(-c3ccc(-c4cccc5c4-c4ccccc4C54c5ccccc5C5(c6ccccc6-c6c(-c7ccc(-c8nc(-c9ccc(-c%10ccc%11c(c%10)-c%10ccccc%10C%11%10c%11ccccc%11C%11(c%12ccccc%12-c%12ccccc%12%11)c%11ccccc%11%10)cc9)cc(-c9cccc(-c%10ccccn%10)c9)n8)cc7)cccc65)c5ccccc54)cc3)n2)cc1. The van der Waals surface area contributed by atoms with Crippen molar-refractivity contribution in [3.05, 3.63) is 556 Å². The van der Waals surface area contributed by atoms with Crippen molar-refractivity contribution in [1.29, 1.82) is 0 Å². The lowest BCUT2D eigenvalue weighted by Crippen LogP contribution is -2.43. The number of benzene rings is 18. The third-order valence-electron chi connectivity index (χ3n) is 29.2. The Morgan fingerprint density at radius 3 is 0.792 bits per heavy atom. The molecule has 0 fully saturated rings. The van der Waals surface area contributed by atoms with E-state index in [1.54, 1.807) is 0 Å². The second-order valence-electron chi connectivity index (χ2n) is 35.3. The first-order valence-electron chi connectivity index (χ1n) is 45.0. The van der Waals surface area contributed by atoms with Crippen LogP contribution in [-0.2, 0) is 21.7 Å². The summed E-state index contributed by atoms with van der Waals surface area (Å²) in [4.78, 5) is 26.3. The fourth-order valence-electron chi connectivity index (χ4n) is 24.1. The van der Waals surface area contributed by atoms with Crippen LogP contribution in [0.3, 0.4) is 0 Å². The standard InChI is InChI=1S/C125H77N5/c1-3-30-81(31-4-1)114-76-115(82-32-5-2-6-33-82)128-120(127-114)84-67-61-79(62-68-84)89-41-28-56-111-118(89)94-39-10-15-46-100(94)124(111)107-52-21-23-54-109(107)125(110-55-24-22-53-108(110)124)101-47-16-11-40-95(101)119-90(42-29-57-112(119)125)80-63-69-85(70-64-80)121-129-116(77-117(130-121)88-35-27-34-87(74-88)113-58-25-26-73-126-113)83-65-59-78(60-66-83)86-71-72-102-96(75-86)93-38-9-14-45-99(93)123(102)105-50-19-17-48-103(105)122(104-49-18-20-51-106(104)123)97-43-12-7-36-91(97)92-37-8-13-44-98(92)122/h1-77H.